The highest BCUT2D eigenvalue weighted by molar-refractivity contribution is 6.03. The van der Waals surface area contributed by atoms with Gasteiger partial charge in [0.1, 0.15) is 0 Å². The number of aromatic nitrogens is 1. The van der Waals surface area contributed by atoms with E-state index < -0.39 is 0 Å². The summed E-state index contributed by atoms with van der Waals surface area (Å²) >= 11 is 0. The van der Waals surface area contributed by atoms with E-state index in [1.54, 1.807) is 6.20 Å². The number of hydrogen-bond donors (Lipinski definition) is 2. The molecule has 0 spiro atoms. The standard InChI is InChI=1S/C9H11N3O/c1-6-8-7(11-5-4-10-6)2-3-12-9(8)13/h2-3,11H,4-5H2,1H3,(H,12,13). The molecule has 0 atom stereocenters. The lowest BCUT2D eigenvalue weighted by Gasteiger charge is -2.04. The van der Waals surface area contributed by atoms with Crippen LogP contribution in [-0.4, -0.2) is 23.8 Å². The monoisotopic (exact) mass is 177 g/mol. The number of aliphatic imine (C=N–C) groups is 1. The summed E-state index contributed by atoms with van der Waals surface area (Å²) in [5.74, 6) is 0. The zero-order valence-corrected chi connectivity index (χ0v) is 7.42. The van der Waals surface area contributed by atoms with Gasteiger partial charge < -0.3 is 10.3 Å². The lowest BCUT2D eigenvalue weighted by atomic mass is 10.1. The average Bonchev–Trinajstić information content (AvgIpc) is 2.29. The number of nitrogens with one attached hydrogen (secondary N) is 2. The van der Waals surface area contributed by atoms with Crippen LogP contribution < -0.4 is 10.9 Å². The van der Waals surface area contributed by atoms with Gasteiger partial charge in [-0.1, -0.05) is 0 Å². The minimum Gasteiger partial charge on any atom is -0.382 e. The van der Waals surface area contributed by atoms with Crippen molar-refractivity contribution in [1.82, 2.24) is 4.98 Å². The molecule has 1 aromatic rings. The summed E-state index contributed by atoms with van der Waals surface area (Å²) < 4.78 is 0. The van der Waals surface area contributed by atoms with E-state index in [4.69, 9.17) is 0 Å². The molecule has 0 fully saturated rings. The van der Waals surface area contributed by atoms with E-state index in [2.05, 4.69) is 15.3 Å². The van der Waals surface area contributed by atoms with Crippen LogP contribution in [0.5, 0.6) is 0 Å². The van der Waals surface area contributed by atoms with Crippen LogP contribution in [0.25, 0.3) is 0 Å². The fourth-order valence-corrected chi connectivity index (χ4v) is 1.48. The van der Waals surface area contributed by atoms with E-state index in [9.17, 15) is 4.79 Å². The predicted molar refractivity (Wildman–Crippen MR) is 52.6 cm³/mol. The smallest absolute Gasteiger partial charge is 0.259 e. The van der Waals surface area contributed by atoms with Crippen molar-refractivity contribution in [3.8, 4) is 0 Å². The van der Waals surface area contributed by atoms with Gasteiger partial charge in [0, 0.05) is 18.5 Å². The summed E-state index contributed by atoms with van der Waals surface area (Å²) in [6.45, 7) is 3.37. The SMILES string of the molecule is CC1=NCCNc2cc[nH]c(=O)c21. The summed E-state index contributed by atoms with van der Waals surface area (Å²) in [4.78, 5) is 18.4. The quantitative estimate of drug-likeness (QED) is 0.610. The molecule has 4 heteroatoms. The lowest BCUT2D eigenvalue weighted by Crippen LogP contribution is -2.17. The first-order valence-electron chi connectivity index (χ1n) is 4.26. The summed E-state index contributed by atoms with van der Waals surface area (Å²) in [5, 5.41) is 3.16. The average molecular weight is 177 g/mol. The van der Waals surface area contributed by atoms with E-state index >= 15 is 0 Å². The Labute approximate surface area is 75.7 Å². The molecule has 0 saturated heterocycles. The molecule has 13 heavy (non-hydrogen) atoms. The zero-order chi connectivity index (χ0) is 9.26. The molecule has 2 heterocycles. The Morgan fingerprint density at radius 1 is 1.54 bits per heavy atom. The number of pyridine rings is 1. The van der Waals surface area contributed by atoms with Crippen molar-refractivity contribution in [1.29, 1.82) is 0 Å². The van der Waals surface area contributed by atoms with Crippen LogP contribution in [0.1, 0.15) is 12.5 Å². The Morgan fingerprint density at radius 2 is 2.38 bits per heavy atom. The van der Waals surface area contributed by atoms with Crippen LogP contribution >= 0.6 is 0 Å². The minimum absolute atomic E-state index is 0.0758. The van der Waals surface area contributed by atoms with Crippen LogP contribution in [0.3, 0.4) is 0 Å². The molecule has 1 aliphatic heterocycles. The summed E-state index contributed by atoms with van der Waals surface area (Å²) in [7, 11) is 0. The molecule has 0 aromatic carbocycles. The maximum absolute atomic E-state index is 11.5. The zero-order valence-electron chi connectivity index (χ0n) is 7.42. The summed E-state index contributed by atoms with van der Waals surface area (Å²) in [5.41, 5.74) is 2.28. The predicted octanol–water partition coefficient (Wildman–Crippen LogP) is 0.609. The highest BCUT2D eigenvalue weighted by Gasteiger charge is 2.11. The molecule has 1 aliphatic rings. The van der Waals surface area contributed by atoms with Crippen molar-refractivity contribution in [3.63, 3.8) is 0 Å². The Hall–Kier alpha value is -1.58. The third-order valence-electron chi connectivity index (χ3n) is 2.10. The number of anilines is 1. The molecular weight excluding hydrogens is 166 g/mol. The molecule has 0 saturated carbocycles. The first-order valence-corrected chi connectivity index (χ1v) is 4.26. The van der Waals surface area contributed by atoms with Crippen LogP contribution in [0, 0.1) is 0 Å². The third kappa shape index (κ3) is 1.35. The van der Waals surface area contributed by atoms with E-state index in [0.29, 0.717) is 5.56 Å². The number of nitrogens with zero attached hydrogens (tertiary/aromatic N) is 1. The lowest BCUT2D eigenvalue weighted by molar-refractivity contribution is 1.03. The summed E-state index contributed by atoms with van der Waals surface area (Å²) in [6, 6.07) is 1.86. The first kappa shape index (κ1) is 8.04. The molecule has 2 N–H and O–H groups in total. The van der Waals surface area contributed by atoms with Crippen LogP contribution in [0.4, 0.5) is 5.69 Å². The fourth-order valence-electron chi connectivity index (χ4n) is 1.48. The van der Waals surface area contributed by atoms with E-state index in [0.717, 1.165) is 24.5 Å². The van der Waals surface area contributed by atoms with Crippen LogP contribution in [0.15, 0.2) is 22.1 Å². The maximum atomic E-state index is 11.5. The Bertz CT molecular complexity index is 406. The van der Waals surface area contributed by atoms with Crippen LogP contribution in [-0.2, 0) is 0 Å². The van der Waals surface area contributed by atoms with Gasteiger partial charge in [-0.25, -0.2) is 0 Å². The van der Waals surface area contributed by atoms with Crippen molar-refractivity contribution in [3.05, 3.63) is 28.2 Å². The number of aromatic amines is 1. The van der Waals surface area contributed by atoms with Gasteiger partial charge in [0.25, 0.3) is 5.56 Å². The van der Waals surface area contributed by atoms with E-state index in [1.807, 2.05) is 13.0 Å². The molecular formula is C9H11N3O. The molecule has 0 aliphatic carbocycles. The van der Waals surface area contributed by atoms with Gasteiger partial charge in [-0.2, -0.15) is 0 Å². The molecule has 0 bridgehead atoms. The molecule has 0 radical (unpaired) electrons. The second-order valence-corrected chi connectivity index (χ2v) is 2.99. The number of hydrogen-bond acceptors (Lipinski definition) is 3. The fraction of sp³-hybridized carbons (Fsp3) is 0.333. The second kappa shape index (κ2) is 3.05. The van der Waals surface area contributed by atoms with Gasteiger partial charge in [0.2, 0.25) is 0 Å². The van der Waals surface area contributed by atoms with Crippen molar-refractivity contribution >= 4 is 11.4 Å². The van der Waals surface area contributed by atoms with Crippen molar-refractivity contribution in [2.75, 3.05) is 18.4 Å². The van der Waals surface area contributed by atoms with Gasteiger partial charge in [0.05, 0.1) is 17.8 Å². The van der Waals surface area contributed by atoms with E-state index in [-0.39, 0.29) is 5.56 Å². The normalized spacial score (nSPS) is 15.3. The number of fused-ring (bicyclic) bond motifs is 1. The van der Waals surface area contributed by atoms with Gasteiger partial charge in [-0.05, 0) is 13.0 Å². The molecule has 4 nitrogen and oxygen atoms in total. The Morgan fingerprint density at radius 3 is 3.23 bits per heavy atom. The second-order valence-electron chi connectivity index (χ2n) is 2.99. The number of rotatable bonds is 0. The molecule has 2 rings (SSSR count). The van der Waals surface area contributed by atoms with Crippen molar-refractivity contribution < 1.29 is 0 Å². The highest BCUT2D eigenvalue weighted by Crippen LogP contribution is 2.12. The van der Waals surface area contributed by atoms with E-state index in [1.165, 1.54) is 0 Å². The molecule has 0 amide bonds. The largest absolute Gasteiger partial charge is 0.382 e. The Kier molecular flexibility index (Phi) is 1.88. The van der Waals surface area contributed by atoms with Crippen molar-refractivity contribution in [2.24, 2.45) is 4.99 Å². The van der Waals surface area contributed by atoms with Crippen LogP contribution in [0.2, 0.25) is 0 Å². The highest BCUT2D eigenvalue weighted by atomic mass is 16.1. The van der Waals surface area contributed by atoms with Gasteiger partial charge >= 0.3 is 0 Å². The molecule has 1 aromatic heterocycles. The maximum Gasteiger partial charge on any atom is 0.259 e. The van der Waals surface area contributed by atoms with Gasteiger partial charge in [-0.3, -0.25) is 9.79 Å². The van der Waals surface area contributed by atoms with Crippen molar-refractivity contribution in [2.45, 2.75) is 6.92 Å². The van der Waals surface area contributed by atoms with Gasteiger partial charge in [-0.15, -0.1) is 0 Å². The molecule has 68 valence electrons. The third-order valence-corrected chi connectivity index (χ3v) is 2.10. The first-order chi connectivity index (χ1) is 6.29. The topological polar surface area (TPSA) is 57.2 Å². The Balaban J connectivity index is 2.67. The minimum atomic E-state index is -0.0758. The summed E-state index contributed by atoms with van der Waals surface area (Å²) in [6.07, 6.45) is 1.65. The number of H-pyrrole nitrogens is 1. The molecule has 0 unspecified atom stereocenters. The van der Waals surface area contributed by atoms with Gasteiger partial charge in [0.15, 0.2) is 0 Å².